The fourth-order valence-electron chi connectivity index (χ4n) is 2.69. The van der Waals surface area contributed by atoms with Crippen molar-refractivity contribution in [1.29, 1.82) is 0 Å². The van der Waals surface area contributed by atoms with Crippen LogP contribution >= 0.6 is 0 Å². The summed E-state index contributed by atoms with van der Waals surface area (Å²) in [6, 6.07) is 3.63. The first-order chi connectivity index (χ1) is 11.9. The van der Waals surface area contributed by atoms with Crippen LogP contribution in [0.15, 0.2) is 18.5 Å². The van der Waals surface area contributed by atoms with Crippen LogP contribution in [0.25, 0.3) is 0 Å². The standard InChI is InChI=1S/C17H24N6O2/c1-17(2,3)14-8-13-9-22(5-6-23(13)21-14)16(24)20-15-7-12(10-25-4)18-11-19-15/h7-8,11H,5-6,9-10H2,1-4H3,(H,18,19,20,24). The summed E-state index contributed by atoms with van der Waals surface area (Å²) in [6.07, 6.45) is 1.42. The van der Waals surface area contributed by atoms with Gasteiger partial charge in [-0.1, -0.05) is 20.8 Å². The molecule has 134 valence electrons. The highest BCUT2D eigenvalue weighted by Crippen LogP contribution is 2.24. The molecule has 25 heavy (non-hydrogen) atoms. The second-order valence-electron chi connectivity index (χ2n) is 7.17. The van der Waals surface area contributed by atoms with Crippen molar-refractivity contribution in [2.45, 2.75) is 45.9 Å². The number of ether oxygens (including phenoxy) is 1. The van der Waals surface area contributed by atoms with Gasteiger partial charge >= 0.3 is 6.03 Å². The Hall–Kier alpha value is -2.48. The van der Waals surface area contributed by atoms with Crippen molar-refractivity contribution in [2.24, 2.45) is 0 Å². The van der Waals surface area contributed by atoms with Crippen molar-refractivity contribution < 1.29 is 9.53 Å². The number of aromatic nitrogens is 4. The molecule has 1 aliphatic rings. The number of carbonyl (C=O) groups is 1. The number of nitrogens with zero attached hydrogens (tertiary/aromatic N) is 5. The Morgan fingerprint density at radius 1 is 1.28 bits per heavy atom. The second kappa shape index (κ2) is 6.79. The average Bonchev–Trinajstić information content (AvgIpc) is 2.99. The van der Waals surface area contributed by atoms with Crippen LogP contribution in [0.4, 0.5) is 10.6 Å². The molecule has 2 amide bonds. The quantitative estimate of drug-likeness (QED) is 0.922. The van der Waals surface area contributed by atoms with E-state index in [1.54, 1.807) is 18.1 Å². The van der Waals surface area contributed by atoms with Gasteiger partial charge in [-0.3, -0.25) is 10.00 Å². The van der Waals surface area contributed by atoms with Crippen molar-refractivity contribution in [3.8, 4) is 0 Å². The molecule has 0 radical (unpaired) electrons. The fourth-order valence-corrected chi connectivity index (χ4v) is 2.69. The second-order valence-corrected chi connectivity index (χ2v) is 7.17. The van der Waals surface area contributed by atoms with E-state index in [0.29, 0.717) is 32.1 Å². The molecule has 0 aromatic carbocycles. The summed E-state index contributed by atoms with van der Waals surface area (Å²) in [5, 5.41) is 7.48. The summed E-state index contributed by atoms with van der Waals surface area (Å²) < 4.78 is 7.04. The average molecular weight is 344 g/mol. The van der Waals surface area contributed by atoms with E-state index in [0.717, 1.165) is 17.1 Å². The maximum atomic E-state index is 12.5. The first-order valence-electron chi connectivity index (χ1n) is 8.30. The lowest BCUT2D eigenvalue weighted by Gasteiger charge is -2.27. The van der Waals surface area contributed by atoms with Crippen molar-refractivity contribution in [2.75, 3.05) is 19.0 Å². The number of methoxy groups -OCH3 is 1. The van der Waals surface area contributed by atoms with Crippen LogP contribution in [0.5, 0.6) is 0 Å². The number of amides is 2. The van der Waals surface area contributed by atoms with Crippen molar-refractivity contribution in [3.05, 3.63) is 35.5 Å². The molecule has 3 heterocycles. The van der Waals surface area contributed by atoms with E-state index in [9.17, 15) is 4.79 Å². The molecular formula is C17H24N6O2. The Morgan fingerprint density at radius 2 is 2.08 bits per heavy atom. The molecular weight excluding hydrogens is 320 g/mol. The molecule has 0 aliphatic carbocycles. The normalized spacial score (nSPS) is 14.3. The van der Waals surface area contributed by atoms with Crippen molar-refractivity contribution >= 4 is 11.8 Å². The summed E-state index contributed by atoms with van der Waals surface area (Å²) in [5.41, 5.74) is 2.81. The van der Waals surface area contributed by atoms with Gasteiger partial charge < -0.3 is 9.64 Å². The van der Waals surface area contributed by atoms with Gasteiger partial charge in [0.2, 0.25) is 0 Å². The molecule has 2 aromatic rings. The van der Waals surface area contributed by atoms with Crippen molar-refractivity contribution in [1.82, 2.24) is 24.6 Å². The number of hydrogen-bond acceptors (Lipinski definition) is 5. The van der Waals surface area contributed by atoms with Crippen LogP contribution in [0.1, 0.15) is 37.9 Å². The molecule has 1 aliphatic heterocycles. The Labute approximate surface area is 147 Å². The third kappa shape index (κ3) is 3.96. The lowest BCUT2D eigenvalue weighted by atomic mass is 9.92. The number of rotatable bonds is 3. The van der Waals surface area contributed by atoms with Gasteiger partial charge in [-0.25, -0.2) is 14.8 Å². The monoisotopic (exact) mass is 344 g/mol. The molecule has 8 heteroatoms. The maximum Gasteiger partial charge on any atom is 0.323 e. The van der Waals surface area contributed by atoms with E-state index in [4.69, 9.17) is 4.74 Å². The summed E-state index contributed by atoms with van der Waals surface area (Å²) in [7, 11) is 1.60. The molecule has 0 fully saturated rings. The predicted octanol–water partition coefficient (Wildman–Crippen LogP) is 2.16. The Balaban J connectivity index is 1.68. The highest BCUT2D eigenvalue weighted by Gasteiger charge is 2.26. The lowest BCUT2D eigenvalue weighted by molar-refractivity contribution is 0.181. The zero-order valence-corrected chi connectivity index (χ0v) is 15.1. The third-order valence-corrected chi connectivity index (χ3v) is 4.10. The van der Waals surface area contributed by atoms with Crippen LogP contribution in [-0.4, -0.2) is 44.3 Å². The summed E-state index contributed by atoms with van der Waals surface area (Å²) in [5.74, 6) is 0.474. The van der Waals surface area contributed by atoms with Crippen LogP contribution in [0.2, 0.25) is 0 Å². The van der Waals surface area contributed by atoms with Crippen LogP contribution in [0.3, 0.4) is 0 Å². The summed E-state index contributed by atoms with van der Waals surface area (Å²) in [4.78, 5) is 22.5. The van der Waals surface area contributed by atoms with Gasteiger partial charge in [-0.05, 0) is 6.07 Å². The van der Waals surface area contributed by atoms with E-state index in [-0.39, 0.29) is 11.4 Å². The predicted molar refractivity (Wildman–Crippen MR) is 93.1 cm³/mol. The van der Waals surface area contributed by atoms with Crippen molar-refractivity contribution in [3.63, 3.8) is 0 Å². The molecule has 3 rings (SSSR count). The zero-order valence-electron chi connectivity index (χ0n) is 15.1. The minimum Gasteiger partial charge on any atom is -0.378 e. The molecule has 0 bridgehead atoms. The van der Waals surface area contributed by atoms with Crippen LogP contribution in [-0.2, 0) is 29.8 Å². The first-order valence-corrected chi connectivity index (χ1v) is 8.30. The van der Waals surface area contributed by atoms with E-state index in [1.165, 1.54) is 6.33 Å². The Kier molecular flexibility index (Phi) is 4.71. The molecule has 0 unspecified atom stereocenters. The van der Waals surface area contributed by atoms with E-state index in [1.807, 2.05) is 4.68 Å². The number of fused-ring (bicyclic) bond motifs is 1. The van der Waals surface area contributed by atoms with Crippen LogP contribution in [0, 0.1) is 0 Å². The number of anilines is 1. The molecule has 2 aromatic heterocycles. The molecule has 8 nitrogen and oxygen atoms in total. The molecule has 0 saturated carbocycles. The summed E-state index contributed by atoms with van der Waals surface area (Å²) >= 11 is 0. The smallest absolute Gasteiger partial charge is 0.323 e. The van der Waals surface area contributed by atoms with Crippen LogP contribution < -0.4 is 5.32 Å². The van der Waals surface area contributed by atoms with Gasteiger partial charge in [0, 0.05) is 25.1 Å². The van der Waals surface area contributed by atoms with Gasteiger partial charge in [0.1, 0.15) is 12.1 Å². The summed E-state index contributed by atoms with van der Waals surface area (Å²) in [6.45, 7) is 8.63. The number of hydrogen-bond donors (Lipinski definition) is 1. The van der Waals surface area contributed by atoms with E-state index >= 15 is 0 Å². The van der Waals surface area contributed by atoms with E-state index < -0.39 is 0 Å². The van der Waals surface area contributed by atoms with Gasteiger partial charge in [-0.2, -0.15) is 5.10 Å². The van der Waals surface area contributed by atoms with Gasteiger partial charge in [-0.15, -0.1) is 0 Å². The maximum absolute atomic E-state index is 12.5. The molecule has 0 atom stereocenters. The Morgan fingerprint density at radius 3 is 2.80 bits per heavy atom. The molecule has 0 spiro atoms. The zero-order chi connectivity index (χ0) is 18.0. The highest BCUT2D eigenvalue weighted by molar-refractivity contribution is 5.88. The SMILES string of the molecule is COCc1cc(NC(=O)N2CCn3nc(C(C)(C)C)cc3C2)ncn1. The number of urea groups is 1. The van der Waals surface area contributed by atoms with Gasteiger partial charge in [0.15, 0.2) is 0 Å². The largest absolute Gasteiger partial charge is 0.378 e. The minimum absolute atomic E-state index is 0.00383. The first kappa shape index (κ1) is 17.3. The molecule has 0 saturated heterocycles. The lowest BCUT2D eigenvalue weighted by Crippen LogP contribution is -2.41. The Bertz CT molecular complexity index is 765. The third-order valence-electron chi connectivity index (χ3n) is 4.10. The topological polar surface area (TPSA) is 85.2 Å². The minimum atomic E-state index is -0.174. The fraction of sp³-hybridized carbons (Fsp3) is 0.529. The van der Waals surface area contributed by atoms with Gasteiger partial charge in [0.05, 0.1) is 36.8 Å². The number of carbonyl (C=O) groups excluding carboxylic acids is 1. The highest BCUT2D eigenvalue weighted by atomic mass is 16.5. The number of nitrogens with one attached hydrogen (secondary N) is 1. The molecule has 1 N–H and O–H groups in total. The van der Waals surface area contributed by atoms with E-state index in [2.05, 4.69) is 47.2 Å². The van der Waals surface area contributed by atoms with Gasteiger partial charge in [0.25, 0.3) is 0 Å².